The van der Waals surface area contributed by atoms with Crippen LogP contribution in [0.3, 0.4) is 0 Å². The third-order valence-corrected chi connectivity index (χ3v) is 7.51. The zero-order valence-electron chi connectivity index (χ0n) is 13.7. The fourth-order valence-electron chi connectivity index (χ4n) is 3.38. The fourth-order valence-corrected chi connectivity index (χ4v) is 5.77. The van der Waals surface area contributed by atoms with Crippen molar-refractivity contribution >= 4 is 32.4 Å². The van der Waals surface area contributed by atoms with E-state index in [9.17, 15) is 13.2 Å². The van der Waals surface area contributed by atoms with Crippen LogP contribution in [0.1, 0.15) is 50.0 Å². The van der Waals surface area contributed by atoms with E-state index in [1.807, 2.05) is 0 Å². The van der Waals surface area contributed by atoms with E-state index < -0.39 is 10.0 Å². The van der Waals surface area contributed by atoms with Gasteiger partial charge in [-0.1, -0.05) is 43.4 Å². The Morgan fingerprint density at radius 1 is 1.21 bits per heavy atom. The molecule has 3 rings (SSSR count). The van der Waals surface area contributed by atoms with Crippen LogP contribution in [0.2, 0.25) is 0 Å². The van der Waals surface area contributed by atoms with E-state index in [0.717, 1.165) is 11.4 Å². The van der Waals surface area contributed by atoms with Crippen LogP contribution in [0.25, 0.3) is 0 Å². The lowest BCUT2D eigenvalue weighted by Gasteiger charge is -2.19. The molecule has 1 aromatic rings. The summed E-state index contributed by atoms with van der Waals surface area (Å²) in [6.07, 6.45) is 8.18. The van der Waals surface area contributed by atoms with Gasteiger partial charge < -0.3 is 5.32 Å². The van der Waals surface area contributed by atoms with Crippen molar-refractivity contribution < 1.29 is 13.2 Å². The first-order chi connectivity index (χ1) is 11.5. The summed E-state index contributed by atoms with van der Waals surface area (Å²) in [6, 6.07) is 0. The van der Waals surface area contributed by atoms with Crippen LogP contribution in [0.4, 0.5) is 5.13 Å². The molecule has 9 heteroatoms. The quantitative estimate of drug-likeness (QED) is 0.825. The van der Waals surface area contributed by atoms with E-state index in [2.05, 4.69) is 15.5 Å². The number of carbonyl (C=O) groups is 1. The monoisotopic (exact) mass is 372 g/mol. The molecule has 2 fully saturated rings. The molecule has 1 saturated carbocycles. The van der Waals surface area contributed by atoms with Gasteiger partial charge in [0.15, 0.2) is 0 Å². The SMILES string of the molecule is O=C(CCN1CCCS1(=O)=O)Nc1nnc(CC2CCCCC2)s1. The number of nitrogens with zero attached hydrogens (tertiary/aromatic N) is 3. The Morgan fingerprint density at radius 2 is 2.00 bits per heavy atom. The smallest absolute Gasteiger partial charge is 0.227 e. The van der Waals surface area contributed by atoms with Gasteiger partial charge in [-0.3, -0.25) is 4.79 Å². The third kappa shape index (κ3) is 4.73. The average molecular weight is 373 g/mol. The molecule has 0 radical (unpaired) electrons. The molecule has 0 aromatic carbocycles. The molecular formula is C15H24N4O3S2. The molecule has 24 heavy (non-hydrogen) atoms. The van der Waals surface area contributed by atoms with Gasteiger partial charge in [0, 0.05) is 25.9 Å². The molecule has 0 bridgehead atoms. The van der Waals surface area contributed by atoms with E-state index >= 15 is 0 Å². The molecule has 134 valence electrons. The molecular weight excluding hydrogens is 348 g/mol. The second-order valence-corrected chi connectivity index (χ2v) is 9.73. The molecule has 2 aliphatic rings. The third-order valence-electron chi connectivity index (χ3n) is 4.69. The van der Waals surface area contributed by atoms with Crippen LogP contribution in [-0.2, 0) is 21.2 Å². The Morgan fingerprint density at radius 3 is 2.71 bits per heavy atom. The largest absolute Gasteiger partial charge is 0.300 e. The lowest BCUT2D eigenvalue weighted by atomic mass is 9.87. The van der Waals surface area contributed by atoms with Crippen molar-refractivity contribution in [1.29, 1.82) is 0 Å². The molecule has 0 atom stereocenters. The number of carbonyl (C=O) groups excluding carboxylic acids is 1. The summed E-state index contributed by atoms with van der Waals surface area (Å²) in [7, 11) is -3.14. The van der Waals surface area contributed by atoms with Gasteiger partial charge in [-0.05, 0) is 12.3 Å². The highest BCUT2D eigenvalue weighted by atomic mass is 32.2. The summed E-state index contributed by atoms with van der Waals surface area (Å²) in [5.74, 6) is 0.670. The van der Waals surface area contributed by atoms with Crippen molar-refractivity contribution in [3.05, 3.63) is 5.01 Å². The number of anilines is 1. The van der Waals surface area contributed by atoms with Crippen LogP contribution in [-0.4, -0.2) is 47.7 Å². The Bertz CT molecular complexity index is 668. The summed E-state index contributed by atoms with van der Waals surface area (Å²) in [5, 5.41) is 12.4. The zero-order chi connectivity index (χ0) is 17.0. The summed E-state index contributed by atoms with van der Waals surface area (Å²) >= 11 is 1.43. The summed E-state index contributed by atoms with van der Waals surface area (Å²) in [4.78, 5) is 12.0. The molecule has 1 aliphatic carbocycles. The molecule has 2 heterocycles. The first-order valence-corrected chi connectivity index (χ1v) is 11.1. The topological polar surface area (TPSA) is 92.3 Å². The number of sulfonamides is 1. The minimum Gasteiger partial charge on any atom is -0.300 e. The van der Waals surface area contributed by atoms with E-state index in [0.29, 0.717) is 24.0 Å². The number of hydrogen-bond acceptors (Lipinski definition) is 6. The van der Waals surface area contributed by atoms with Gasteiger partial charge in [-0.2, -0.15) is 0 Å². The number of hydrogen-bond donors (Lipinski definition) is 1. The normalized spacial score (nSPS) is 21.8. The number of aromatic nitrogens is 2. The van der Waals surface area contributed by atoms with Crippen molar-refractivity contribution in [3.63, 3.8) is 0 Å². The standard InChI is InChI=1S/C15H24N4O3S2/c20-13(7-9-19-8-4-10-24(19,21)22)16-15-18-17-14(23-15)11-12-5-2-1-3-6-12/h12H,1-11H2,(H,16,18,20). The molecule has 1 N–H and O–H groups in total. The lowest BCUT2D eigenvalue weighted by Crippen LogP contribution is -2.29. The predicted octanol–water partition coefficient (Wildman–Crippen LogP) is 2.02. The Kier molecular flexibility index (Phi) is 5.83. The number of nitrogens with one attached hydrogen (secondary N) is 1. The summed E-state index contributed by atoms with van der Waals surface area (Å²) in [6.45, 7) is 0.752. The Hall–Kier alpha value is -1.06. The van der Waals surface area contributed by atoms with Crippen LogP contribution < -0.4 is 5.32 Å². The fraction of sp³-hybridized carbons (Fsp3) is 0.800. The number of rotatable bonds is 6. The average Bonchev–Trinajstić information content (AvgIpc) is 3.12. The van der Waals surface area contributed by atoms with Crippen LogP contribution in [0.5, 0.6) is 0 Å². The first-order valence-electron chi connectivity index (χ1n) is 8.63. The van der Waals surface area contributed by atoms with Gasteiger partial charge in [0.25, 0.3) is 0 Å². The van der Waals surface area contributed by atoms with E-state index in [4.69, 9.17) is 0 Å². The van der Waals surface area contributed by atoms with Gasteiger partial charge in [-0.15, -0.1) is 10.2 Å². The highest BCUT2D eigenvalue weighted by molar-refractivity contribution is 7.89. The Labute approximate surface area is 146 Å². The van der Waals surface area contributed by atoms with Gasteiger partial charge in [-0.25, -0.2) is 12.7 Å². The minimum atomic E-state index is -3.14. The van der Waals surface area contributed by atoms with Gasteiger partial charge in [0.1, 0.15) is 5.01 Å². The summed E-state index contributed by atoms with van der Waals surface area (Å²) < 4.78 is 24.8. The maximum Gasteiger partial charge on any atom is 0.227 e. The van der Waals surface area contributed by atoms with Crippen molar-refractivity contribution in [3.8, 4) is 0 Å². The lowest BCUT2D eigenvalue weighted by molar-refractivity contribution is -0.116. The van der Waals surface area contributed by atoms with Gasteiger partial charge in [0.05, 0.1) is 5.75 Å². The molecule has 7 nitrogen and oxygen atoms in total. The molecule has 1 saturated heterocycles. The van der Waals surface area contributed by atoms with Crippen molar-refractivity contribution in [2.24, 2.45) is 5.92 Å². The van der Waals surface area contributed by atoms with Crippen LogP contribution in [0, 0.1) is 5.92 Å². The number of amides is 1. The minimum absolute atomic E-state index is 0.150. The maximum absolute atomic E-state index is 12.0. The van der Waals surface area contributed by atoms with Crippen molar-refractivity contribution in [2.45, 2.75) is 51.4 Å². The van der Waals surface area contributed by atoms with Crippen molar-refractivity contribution in [1.82, 2.24) is 14.5 Å². The highest BCUT2D eigenvalue weighted by Gasteiger charge is 2.28. The molecule has 1 aliphatic heterocycles. The van der Waals surface area contributed by atoms with Crippen LogP contribution in [0.15, 0.2) is 0 Å². The van der Waals surface area contributed by atoms with E-state index in [-0.39, 0.29) is 24.6 Å². The first kappa shape index (κ1) is 17.8. The highest BCUT2D eigenvalue weighted by Crippen LogP contribution is 2.28. The predicted molar refractivity (Wildman–Crippen MR) is 93.4 cm³/mol. The summed E-state index contributed by atoms with van der Waals surface area (Å²) in [5.41, 5.74) is 0. The zero-order valence-corrected chi connectivity index (χ0v) is 15.4. The second-order valence-electron chi connectivity index (χ2n) is 6.58. The molecule has 1 amide bonds. The second kappa shape index (κ2) is 7.88. The maximum atomic E-state index is 12.0. The van der Waals surface area contributed by atoms with E-state index in [1.165, 1.54) is 47.7 Å². The molecule has 1 aromatic heterocycles. The van der Waals surface area contributed by atoms with Crippen LogP contribution >= 0.6 is 11.3 Å². The van der Waals surface area contributed by atoms with Gasteiger partial charge in [0.2, 0.25) is 21.1 Å². The molecule has 0 unspecified atom stereocenters. The van der Waals surface area contributed by atoms with E-state index in [1.54, 1.807) is 0 Å². The Balaban J connectivity index is 1.44. The van der Waals surface area contributed by atoms with Crippen molar-refractivity contribution in [2.75, 3.05) is 24.2 Å². The molecule has 0 spiro atoms. The van der Waals surface area contributed by atoms with Gasteiger partial charge >= 0.3 is 0 Å².